The fourth-order valence-corrected chi connectivity index (χ4v) is 3.63. The van der Waals surface area contributed by atoms with Crippen molar-refractivity contribution in [3.63, 3.8) is 0 Å². The molecule has 0 unspecified atom stereocenters. The molecule has 0 aliphatic carbocycles. The Morgan fingerprint density at radius 1 is 1.07 bits per heavy atom. The molecule has 148 valence electrons. The van der Waals surface area contributed by atoms with Crippen molar-refractivity contribution in [2.45, 2.75) is 25.9 Å². The Morgan fingerprint density at radius 2 is 1.86 bits per heavy atom. The number of nitrogens with one attached hydrogen (secondary N) is 2. The van der Waals surface area contributed by atoms with Gasteiger partial charge in [-0.25, -0.2) is 4.98 Å². The van der Waals surface area contributed by atoms with E-state index in [9.17, 15) is 4.79 Å². The van der Waals surface area contributed by atoms with E-state index in [0.29, 0.717) is 11.6 Å². The van der Waals surface area contributed by atoms with Gasteiger partial charge in [-0.3, -0.25) is 4.79 Å². The van der Waals surface area contributed by atoms with Gasteiger partial charge in [-0.15, -0.1) is 0 Å². The van der Waals surface area contributed by atoms with E-state index in [1.165, 1.54) is 11.1 Å². The molecule has 2 heterocycles. The van der Waals surface area contributed by atoms with Crippen molar-refractivity contribution in [3.8, 4) is 0 Å². The maximum Gasteiger partial charge on any atom is 0.257 e. The molecular formula is C24H26N4O. The summed E-state index contributed by atoms with van der Waals surface area (Å²) in [6, 6.07) is 22.2. The lowest BCUT2D eigenvalue weighted by Gasteiger charge is -2.18. The van der Waals surface area contributed by atoms with E-state index in [4.69, 9.17) is 0 Å². The Labute approximate surface area is 171 Å². The van der Waals surface area contributed by atoms with Crippen molar-refractivity contribution in [1.29, 1.82) is 0 Å². The molecule has 0 radical (unpaired) electrons. The van der Waals surface area contributed by atoms with Crippen molar-refractivity contribution in [1.82, 2.24) is 10.3 Å². The molecule has 1 aliphatic rings. The third-order valence-corrected chi connectivity index (χ3v) is 5.40. The topological polar surface area (TPSA) is 57.3 Å². The molecule has 4 rings (SSSR count). The van der Waals surface area contributed by atoms with Crippen molar-refractivity contribution >= 4 is 17.4 Å². The number of para-hydroxylation sites is 1. The summed E-state index contributed by atoms with van der Waals surface area (Å²) in [5.74, 6) is 0.774. The molecule has 1 amide bonds. The van der Waals surface area contributed by atoms with Gasteiger partial charge in [0.1, 0.15) is 5.82 Å². The minimum atomic E-state index is -0.144. The summed E-state index contributed by atoms with van der Waals surface area (Å²) in [6.07, 6.45) is 2.74. The van der Waals surface area contributed by atoms with Gasteiger partial charge < -0.3 is 15.5 Å². The minimum Gasteiger partial charge on any atom is -0.355 e. The standard InChI is InChI=1S/C24H26N4O/c1-18-7-5-6-8-19(18)15-25-22-13-14-28(17-22)23-12-11-20(16-26-23)24(29)27-21-9-3-2-4-10-21/h2-12,16,22,25H,13-15,17H2,1H3,(H,27,29)/t22-/m0/s1. The van der Waals surface area contributed by atoms with Crippen molar-refractivity contribution in [2.24, 2.45) is 0 Å². The molecule has 0 spiro atoms. The summed E-state index contributed by atoms with van der Waals surface area (Å²) in [5, 5.41) is 6.55. The Bertz CT molecular complexity index is 956. The van der Waals surface area contributed by atoms with Gasteiger partial charge >= 0.3 is 0 Å². The van der Waals surface area contributed by atoms with Gasteiger partial charge in [0, 0.05) is 37.6 Å². The van der Waals surface area contributed by atoms with E-state index < -0.39 is 0 Å². The fraction of sp³-hybridized carbons (Fsp3) is 0.250. The number of aromatic nitrogens is 1. The van der Waals surface area contributed by atoms with Crippen LogP contribution in [0.3, 0.4) is 0 Å². The number of carbonyl (C=O) groups excluding carboxylic acids is 1. The number of amides is 1. The number of pyridine rings is 1. The van der Waals surface area contributed by atoms with Crippen LogP contribution in [0.25, 0.3) is 0 Å². The molecule has 0 saturated carbocycles. The predicted molar refractivity (Wildman–Crippen MR) is 117 cm³/mol. The van der Waals surface area contributed by atoms with Crippen LogP contribution in [-0.2, 0) is 6.54 Å². The summed E-state index contributed by atoms with van der Waals surface area (Å²) in [4.78, 5) is 19.2. The number of aryl methyl sites for hydroxylation is 1. The summed E-state index contributed by atoms with van der Waals surface area (Å²) in [7, 11) is 0. The van der Waals surface area contributed by atoms with Gasteiger partial charge in [0.15, 0.2) is 0 Å². The third kappa shape index (κ3) is 4.81. The van der Waals surface area contributed by atoms with Crippen molar-refractivity contribution in [2.75, 3.05) is 23.3 Å². The second-order valence-electron chi connectivity index (χ2n) is 7.46. The molecule has 5 nitrogen and oxygen atoms in total. The maximum atomic E-state index is 12.4. The lowest BCUT2D eigenvalue weighted by Crippen LogP contribution is -2.32. The summed E-state index contributed by atoms with van der Waals surface area (Å²) in [5.41, 5.74) is 4.01. The molecule has 2 N–H and O–H groups in total. The molecule has 1 fully saturated rings. The first-order chi connectivity index (χ1) is 14.2. The Hall–Kier alpha value is -3.18. The molecule has 1 aromatic heterocycles. The lowest BCUT2D eigenvalue weighted by atomic mass is 10.1. The molecule has 3 aromatic rings. The van der Waals surface area contributed by atoms with Crippen LogP contribution >= 0.6 is 0 Å². The zero-order valence-electron chi connectivity index (χ0n) is 16.6. The van der Waals surface area contributed by atoms with Crippen LogP contribution < -0.4 is 15.5 Å². The van der Waals surface area contributed by atoms with Crippen LogP contribution in [0.15, 0.2) is 72.9 Å². The molecule has 1 saturated heterocycles. The quantitative estimate of drug-likeness (QED) is 0.672. The normalized spacial score (nSPS) is 16.0. The molecule has 1 atom stereocenters. The summed E-state index contributed by atoms with van der Waals surface area (Å²) >= 11 is 0. The van der Waals surface area contributed by atoms with Crippen LogP contribution in [0.5, 0.6) is 0 Å². The zero-order chi connectivity index (χ0) is 20.1. The number of carbonyl (C=O) groups is 1. The number of rotatable bonds is 6. The molecule has 0 bridgehead atoms. The monoisotopic (exact) mass is 386 g/mol. The Kier molecular flexibility index (Phi) is 5.86. The number of hydrogen-bond donors (Lipinski definition) is 2. The van der Waals surface area contributed by atoms with Crippen LogP contribution in [0.1, 0.15) is 27.9 Å². The van der Waals surface area contributed by atoms with E-state index in [2.05, 4.69) is 51.7 Å². The first kappa shape index (κ1) is 19.2. The van der Waals surface area contributed by atoms with Crippen molar-refractivity contribution in [3.05, 3.63) is 89.6 Å². The summed E-state index contributed by atoms with van der Waals surface area (Å²) < 4.78 is 0. The van der Waals surface area contributed by atoms with E-state index in [1.807, 2.05) is 42.5 Å². The number of nitrogens with zero attached hydrogens (tertiary/aromatic N) is 2. The molecule has 5 heteroatoms. The average Bonchev–Trinajstić information content (AvgIpc) is 3.23. The van der Waals surface area contributed by atoms with E-state index in [1.54, 1.807) is 6.20 Å². The van der Waals surface area contributed by atoms with Gasteiger partial charge in [0.05, 0.1) is 5.56 Å². The van der Waals surface area contributed by atoms with E-state index in [-0.39, 0.29) is 5.91 Å². The van der Waals surface area contributed by atoms with E-state index >= 15 is 0 Å². The van der Waals surface area contributed by atoms with Crippen LogP contribution in [0.4, 0.5) is 11.5 Å². The maximum absolute atomic E-state index is 12.4. The molecule has 2 aromatic carbocycles. The first-order valence-electron chi connectivity index (χ1n) is 10.0. The highest BCUT2D eigenvalue weighted by atomic mass is 16.1. The summed E-state index contributed by atoms with van der Waals surface area (Å²) in [6.45, 7) is 4.93. The Morgan fingerprint density at radius 3 is 2.62 bits per heavy atom. The van der Waals surface area contributed by atoms with Gasteiger partial charge in [0.2, 0.25) is 0 Å². The first-order valence-corrected chi connectivity index (χ1v) is 10.0. The second-order valence-corrected chi connectivity index (χ2v) is 7.46. The highest BCUT2D eigenvalue weighted by molar-refractivity contribution is 6.04. The van der Waals surface area contributed by atoms with E-state index in [0.717, 1.165) is 37.6 Å². The molecule has 1 aliphatic heterocycles. The van der Waals surface area contributed by atoms with Gasteiger partial charge in [-0.1, -0.05) is 42.5 Å². The van der Waals surface area contributed by atoms with Gasteiger partial charge in [0.25, 0.3) is 5.91 Å². The highest BCUT2D eigenvalue weighted by Crippen LogP contribution is 2.19. The molecule has 29 heavy (non-hydrogen) atoms. The average molecular weight is 386 g/mol. The van der Waals surface area contributed by atoms with Crippen LogP contribution in [0.2, 0.25) is 0 Å². The predicted octanol–water partition coefficient (Wildman–Crippen LogP) is 4.01. The third-order valence-electron chi connectivity index (χ3n) is 5.40. The number of anilines is 2. The Balaban J connectivity index is 1.31. The van der Waals surface area contributed by atoms with Gasteiger partial charge in [-0.2, -0.15) is 0 Å². The minimum absolute atomic E-state index is 0.144. The smallest absolute Gasteiger partial charge is 0.257 e. The SMILES string of the molecule is Cc1ccccc1CN[C@H]1CCN(c2ccc(C(=O)Nc3ccccc3)cn2)C1. The zero-order valence-corrected chi connectivity index (χ0v) is 16.6. The fourth-order valence-electron chi connectivity index (χ4n) is 3.63. The number of hydrogen-bond acceptors (Lipinski definition) is 4. The highest BCUT2D eigenvalue weighted by Gasteiger charge is 2.23. The van der Waals surface area contributed by atoms with Crippen LogP contribution in [0, 0.1) is 6.92 Å². The van der Waals surface area contributed by atoms with Gasteiger partial charge in [-0.05, 0) is 48.7 Å². The largest absolute Gasteiger partial charge is 0.355 e. The molecular weight excluding hydrogens is 360 g/mol. The van der Waals surface area contributed by atoms with Crippen LogP contribution in [-0.4, -0.2) is 30.0 Å². The second kappa shape index (κ2) is 8.88. The van der Waals surface area contributed by atoms with Crippen molar-refractivity contribution < 1.29 is 4.79 Å². The number of benzene rings is 2. The lowest BCUT2D eigenvalue weighted by molar-refractivity contribution is 0.102.